The molecule has 0 radical (unpaired) electrons. The van der Waals surface area contributed by atoms with Gasteiger partial charge in [-0.15, -0.1) is 12.4 Å². The van der Waals surface area contributed by atoms with Crippen molar-refractivity contribution in [2.75, 3.05) is 60.2 Å². The molecule has 2 saturated heterocycles. The molecule has 194 valence electrons. The molecule has 2 aliphatic rings. The summed E-state index contributed by atoms with van der Waals surface area (Å²) in [6, 6.07) is 7.20. The molecule has 1 unspecified atom stereocenters. The Morgan fingerprint density at radius 1 is 1.11 bits per heavy atom. The monoisotopic (exact) mass is 528 g/mol. The number of aromatic nitrogens is 4. The second-order valence-electron chi connectivity index (χ2n) is 8.61. The largest absolute Gasteiger partial charge is 0.442 e. The number of carbonyl (C=O) groups excluding carboxylic acids is 1. The van der Waals surface area contributed by atoms with E-state index in [1.54, 1.807) is 24.3 Å². The molecule has 14 heteroatoms. The number of anilines is 4. The van der Waals surface area contributed by atoms with Crippen molar-refractivity contribution in [3.8, 4) is 11.6 Å². The summed E-state index contributed by atoms with van der Waals surface area (Å²) in [4.78, 5) is 34.7. The van der Waals surface area contributed by atoms with Gasteiger partial charge < -0.3 is 39.5 Å². The number of hydrogen-bond acceptors (Lipinski definition) is 12. The SMILES string of the molecule is Cl.Nc1cccc(-c2nc(C(=O)Nc3cc4oc(N5CCOCC5)nc4nc3N3CCC(O)C3)co2)n1. The molecule has 0 bridgehead atoms. The number of amides is 1. The molecule has 2 fully saturated rings. The van der Waals surface area contributed by atoms with Crippen LogP contribution in [-0.2, 0) is 4.74 Å². The highest BCUT2D eigenvalue weighted by molar-refractivity contribution is 6.05. The number of nitrogens with zero attached hydrogens (tertiary/aromatic N) is 6. The number of fused-ring (bicyclic) bond motifs is 1. The Balaban J connectivity index is 0.00000280. The fourth-order valence-corrected chi connectivity index (χ4v) is 4.25. The predicted molar refractivity (Wildman–Crippen MR) is 137 cm³/mol. The van der Waals surface area contributed by atoms with Crippen LogP contribution in [-0.4, -0.2) is 76.4 Å². The van der Waals surface area contributed by atoms with Crippen LogP contribution in [0.5, 0.6) is 0 Å². The number of aliphatic hydroxyl groups excluding tert-OH is 1. The van der Waals surface area contributed by atoms with Gasteiger partial charge in [0.1, 0.15) is 17.8 Å². The van der Waals surface area contributed by atoms with E-state index in [-0.39, 0.29) is 24.0 Å². The summed E-state index contributed by atoms with van der Waals surface area (Å²) in [6.45, 7) is 3.50. The maximum atomic E-state index is 13.1. The number of β-amino-alcohol motifs (C(OH)–C–C–N with tert-alkyl or cyclic N) is 1. The molecule has 37 heavy (non-hydrogen) atoms. The quantitative estimate of drug-likeness (QED) is 0.344. The molecule has 13 nitrogen and oxygen atoms in total. The van der Waals surface area contributed by atoms with Crippen molar-refractivity contribution in [2.45, 2.75) is 12.5 Å². The zero-order valence-corrected chi connectivity index (χ0v) is 20.5. The van der Waals surface area contributed by atoms with Crippen LogP contribution in [0.1, 0.15) is 16.9 Å². The summed E-state index contributed by atoms with van der Waals surface area (Å²) in [7, 11) is 0. The molecule has 4 aromatic rings. The van der Waals surface area contributed by atoms with Crippen LogP contribution in [0.2, 0.25) is 0 Å². The average molecular weight is 529 g/mol. The number of pyridine rings is 2. The van der Waals surface area contributed by atoms with Gasteiger partial charge in [-0.1, -0.05) is 6.07 Å². The molecule has 0 saturated carbocycles. The second kappa shape index (κ2) is 10.2. The van der Waals surface area contributed by atoms with Crippen molar-refractivity contribution in [3.63, 3.8) is 0 Å². The maximum Gasteiger partial charge on any atom is 0.300 e. The third-order valence-corrected chi connectivity index (χ3v) is 6.07. The number of morpholine rings is 1. The highest BCUT2D eigenvalue weighted by atomic mass is 35.5. The van der Waals surface area contributed by atoms with Crippen LogP contribution >= 0.6 is 12.4 Å². The number of halogens is 1. The van der Waals surface area contributed by atoms with Gasteiger partial charge in [0.05, 0.1) is 25.0 Å². The number of nitrogens with two attached hydrogens (primary N) is 1. The Bertz CT molecular complexity index is 1420. The Labute approximate surface area is 217 Å². The van der Waals surface area contributed by atoms with Crippen LogP contribution in [0.15, 0.2) is 39.4 Å². The molecule has 1 atom stereocenters. The van der Waals surface area contributed by atoms with Gasteiger partial charge >= 0.3 is 0 Å². The third-order valence-electron chi connectivity index (χ3n) is 6.07. The number of nitrogen functional groups attached to an aromatic ring is 1. The van der Waals surface area contributed by atoms with E-state index in [1.807, 2.05) is 9.80 Å². The summed E-state index contributed by atoms with van der Waals surface area (Å²) in [5.74, 6) is 0.491. The molecular formula is C23H25ClN8O5. The van der Waals surface area contributed by atoms with E-state index < -0.39 is 12.0 Å². The molecular weight excluding hydrogens is 504 g/mol. The Morgan fingerprint density at radius 2 is 1.95 bits per heavy atom. The first-order valence-electron chi connectivity index (χ1n) is 11.6. The molecule has 1 amide bonds. The van der Waals surface area contributed by atoms with Crippen LogP contribution in [0.4, 0.5) is 23.3 Å². The minimum atomic E-state index is -0.496. The summed E-state index contributed by atoms with van der Waals surface area (Å²) in [6.07, 6.45) is 1.38. The standard InChI is InChI=1S/C23H24N8O5.ClH/c24-18-3-1-2-14(25-18)22-27-16(12-35-22)21(33)26-15-10-17-19(28-20(15)31-5-4-13(32)11-31)29-23(36-17)30-6-8-34-9-7-30;/h1-3,10,12-13,32H,4-9,11H2,(H2,24,25)(H,26,33);1H. The lowest BCUT2D eigenvalue weighted by Crippen LogP contribution is -2.36. The minimum Gasteiger partial charge on any atom is -0.442 e. The smallest absolute Gasteiger partial charge is 0.300 e. The van der Waals surface area contributed by atoms with E-state index in [0.29, 0.717) is 86.1 Å². The van der Waals surface area contributed by atoms with Gasteiger partial charge in [-0.2, -0.15) is 4.98 Å². The van der Waals surface area contributed by atoms with E-state index in [9.17, 15) is 9.90 Å². The van der Waals surface area contributed by atoms with Gasteiger partial charge in [-0.05, 0) is 18.6 Å². The first kappa shape index (κ1) is 24.7. The number of ether oxygens (including phenoxy) is 1. The van der Waals surface area contributed by atoms with Crippen LogP contribution < -0.4 is 20.9 Å². The summed E-state index contributed by atoms with van der Waals surface area (Å²) in [5, 5.41) is 12.9. The molecule has 4 N–H and O–H groups in total. The minimum absolute atomic E-state index is 0. The van der Waals surface area contributed by atoms with Crippen molar-refractivity contribution >= 4 is 52.9 Å². The molecule has 2 aliphatic heterocycles. The van der Waals surface area contributed by atoms with Crippen molar-refractivity contribution in [1.82, 2.24) is 19.9 Å². The number of hydrogen-bond donors (Lipinski definition) is 3. The van der Waals surface area contributed by atoms with Gasteiger partial charge in [0, 0.05) is 32.2 Å². The molecule has 0 spiro atoms. The zero-order valence-electron chi connectivity index (χ0n) is 19.7. The average Bonchev–Trinajstić information content (AvgIpc) is 3.63. The zero-order chi connectivity index (χ0) is 24.6. The highest BCUT2D eigenvalue weighted by Gasteiger charge is 2.27. The first-order chi connectivity index (χ1) is 17.5. The number of rotatable bonds is 5. The van der Waals surface area contributed by atoms with Crippen LogP contribution in [0, 0.1) is 0 Å². The topological polar surface area (TPSA) is 169 Å². The molecule has 4 aromatic heterocycles. The van der Waals surface area contributed by atoms with Gasteiger partial charge in [0.15, 0.2) is 17.1 Å². The Morgan fingerprint density at radius 3 is 2.70 bits per heavy atom. The van der Waals surface area contributed by atoms with Crippen LogP contribution in [0.3, 0.4) is 0 Å². The molecule has 6 rings (SSSR count). The van der Waals surface area contributed by atoms with Gasteiger partial charge in [0.2, 0.25) is 11.5 Å². The second-order valence-corrected chi connectivity index (χ2v) is 8.61. The normalized spacial score (nSPS) is 17.7. The van der Waals surface area contributed by atoms with E-state index in [1.165, 1.54) is 6.26 Å². The lowest BCUT2D eigenvalue weighted by atomic mass is 10.3. The van der Waals surface area contributed by atoms with E-state index in [4.69, 9.17) is 19.3 Å². The third kappa shape index (κ3) is 5.01. The highest BCUT2D eigenvalue weighted by Crippen LogP contribution is 2.33. The number of carbonyl (C=O) groups is 1. The van der Waals surface area contributed by atoms with Crippen molar-refractivity contribution in [2.24, 2.45) is 0 Å². The van der Waals surface area contributed by atoms with Crippen molar-refractivity contribution < 1.29 is 23.5 Å². The fraction of sp³-hybridized carbons (Fsp3) is 0.348. The number of aliphatic hydroxyl groups is 1. The predicted octanol–water partition coefficient (Wildman–Crippen LogP) is 1.94. The Hall–Kier alpha value is -3.94. The van der Waals surface area contributed by atoms with Gasteiger partial charge in [-0.25, -0.2) is 15.0 Å². The van der Waals surface area contributed by atoms with E-state index in [0.717, 1.165) is 0 Å². The first-order valence-corrected chi connectivity index (χ1v) is 11.6. The van der Waals surface area contributed by atoms with Crippen molar-refractivity contribution in [1.29, 1.82) is 0 Å². The molecule has 0 aromatic carbocycles. The van der Waals surface area contributed by atoms with Crippen LogP contribution in [0.25, 0.3) is 22.8 Å². The van der Waals surface area contributed by atoms with Gasteiger partial charge in [-0.3, -0.25) is 4.79 Å². The van der Waals surface area contributed by atoms with E-state index in [2.05, 4.69) is 25.3 Å². The molecule has 6 heterocycles. The van der Waals surface area contributed by atoms with Gasteiger partial charge in [0.25, 0.3) is 11.9 Å². The fourth-order valence-electron chi connectivity index (χ4n) is 4.25. The summed E-state index contributed by atoms with van der Waals surface area (Å²) < 4.78 is 16.8. The Kier molecular flexibility index (Phi) is 6.82. The number of oxazole rings is 2. The maximum absolute atomic E-state index is 13.1. The lowest BCUT2D eigenvalue weighted by molar-refractivity contribution is 0.102. The summed E-state index contributed by atoms with van der Waals surface area (Å²) in [5.41, 5.74) is 7.48. The summed E-state index contributed by atoms with van der Waals surface area (Å²) >= 11 is 0. The molecule has 0 aliphatic carbocycles. The lowest BCUT2D eigenvalue weighted by Gasteiger charge is -2.24. The number of nitrogens with one attached hydrogen (secondary N) is 1. The van der Waals surface area contributed by atoms with E-state index >= 15 is 0 Å². The van der Waals surface area contributed by atoms with Crippen molar-refractivity contribution in [3.05, 3.63) is 36.2 Å².